The van der Waals surface area contributed by atoms with E-state index in [4.69, 9.17) is 0 Å². The van der Waals surface area contributed by atoms with Crippen LogP contribution in [0.2, 0.25) is 18.1 Å². The first kappa shape index (κ1) is 16.8. The van der Waals surface area contributed by atoms with Gasteiger partial charge in [-0.2, -0.15) is 0 Å². The van der Waals surface area contributed by atoms with Crippen molar-refractivity contribution < 1.29 is 4.79 Å². The highest BCUT2D eigenvalue weighted by Crippen LogP contribution is 2.18. The summed E-state index contributed by atoms with van der Waals surface area (Å²) in [5, 5.41) is 0. The van der Waals surface area contributed by atoms with Crippen LogP contribution in [-0.2, 0) is 4.79 Å². The second-order valence-electron chi connectivity index (χ2n) is 4.65. The Morgan fingerprint density at radius 1 is 1.10 bits per heavy atom. The summed E-state index contributed by atoms with van der Waals surface area (Å²) in [6.45, 7) is 6.52. The van der Waals surface area contributed by atoms with Crippen LogP contribution in [0.3, 0.4) is 0 Å². The smallest absolute Gasteiger partial charge is 0.270 e. The van der Waals surface area contributed by atoms with Crippen molar-refractivity contribution in [3.63, 3.8) is 0 Å². The van der Waals surface area contributed by atoms with Gasteiger partial charge in [-0.05, 0) is 58.0 Å². The van der Waals surface area contributed by atoms with E-state index < -0.39 is 8.07 Å². The monoisotopic (exact) mass is 346 g/mol. The van der Waals surface area contributed by atoms with E-state index in [1.54, 1.807) is 0 Å². The van der Waals surface area contributed by atoms with E-state index in [0.29, 0.717) is 0 Å². The molecule has 1 nitrogen and oxygen atoms in total. The Balaban J connectivity index is 2.88. The maximum atomic E-state index is 11.8. The average Bonchev–Trinajstić information content (AvgIpc) is 2.48. The molecular formula is C17H19BrOSi. The van der Waals surface area contributed by atoms with Crippen LogP contribution in [0.25, 0.3) is 0 Å². The molecule has 0 spiro atoms. The molecule has 1 aromatic rings. The molecule has 1 rings (SSSR count). The molecule has 0 aliphatic rings. The lowest BCUT2D eigenvalue weighted by molar-refractivity contribution is -0.108. The first-order chi connectivity index (χ1) is 9.56. The van der Waals surface area contributed by atoms with Crippen molar-refractivity contribution >= 4 is 29.8 Å². The fourth-order valence-electron chi connectivity index (χ4n) is 1.92. The fraction of sp³-hybridized carbons (Fsp3) is 0.353. The Hall–Kier alpha value is -1.29. The number of rotatable bonds is 3. The van der Waals surface area contributed by atoms with Gasteiger partial charge in [0, 0.05) is 10.0 Å². The largest absolute Gasteiger partial charge is 0.278 e. The van der Waals surface area contributed by atoms with Crippen LogP contribution in [0.5, 0.6) is 0 Å². The number of carbonyl (C=O) groups excluding carboxylic acids is 1. The van der Waals surface area contributed by atoms with E-state index in [2.05, 4.69) is 60.0 Å². The molecule has 0 radical (unpaired) electrons. The zero-order valence-corrected chi connectivity index (χ0v) is 14.8. The third-order valence-electron chi connectivity index (χ3n) is 3.66. The van der Waals surface area contributed by atoms with Gasteiger partial charge in [-0.1, -0.05) is 38.8 Å². The number of ketones is 1. The molecule has 0 amide bonds. The van der Waals surface area contributed by atoms with Crippen molar-refractivity contribution in [3.05, 3.63) is 34.3 Å². The Morgan fingerprint density at radius 3 is 2.25 bits per heavy atom. The van der Waals surface area contributed by atoms with Crippen molar-refractivity contribution in [1.29, 1.82) is 0 Å². The van der Waals surface area contributed by atoms with E-state index in [0.717, 1.165) is 28.2 Å². The number of hydrogen-bond acceptors (Lipinski definition) is 1. The molecule has 0 atom stereocenters. The van der Waals surface area contributed by atoms with Crippen molar-refractivity contribution in [1.82, 2.24) is 0 Å². The number of Topliss-reactive ketones (excluding diaryl/α,β-unsaturated/α-hetero) is 1. The van der Waals surface area contributed by atoms with Gasteiger partial charge in [-0.15, -0.1) is 5.54 Å². The van der Waals surface area contributed by atoms with E-state index in [1.165, 1.54) is 0 Å². The van der Waals surface area contributed by atoms with E-state index in [1.807, 2.05) is 24.3 Å². The van der Waals surface area contributed by atoms with Crippen LogP contribution in [0.4, 0.5) is 0 Å². The number of hydrogen-bond donors (Lipinski definition) is 0. The lowest BCUT2D eigenvalue weighted by Crippen LogP contribution is -2.29. The summed E-state index contributed by atoms with van der Waals surface area (Å²) in [6, 6.07) is 10.9. The first-order valence-corrected chi connectivity index (χ1v) is 10.3. The summed E-state index contributed by atoms with van der Waals surface area (Å²) >= 11 is 3.41. The molecule has 0 aliphatic carbocycles. The van der Waals surface area contributed by atoms with Gasteiger partial charge in [0.25, 0.3) is 5.78 Å². The molecule has 0 aromatic heterocycles. The van der Waals surface area contributed by atoms with Gasteiger partial charge >= 0.3 is 0 Å². The molecule has 0 heterocycles. The molecule has 3 heteroatoms. The predicted molar refractivity (Wildman–Crippen MR) is 91.0 cm³/mol. The van der Waals surface area contributed by atoms with Gasteiger partial charge in [0.1, 0.15) is 8.07 Å². The second kappa shape index (κ2) is 8.10. The molecular weight excluding hydrogens is 328 g/mol. The van der Waals surface area contributed by atoms with Crippen LogP contribution >= 0.6 is 15.9 Å². The summed E-state index contributed by atoms with van der Waals surface area (Å²) in [7, 11) is -1.56. The summed E-state index contributed by atoms with van der Waals surface area (Å²) in [6.07, 6.45) is 0. The van der Waals surface area contributed by atoms with E-state index >= 15 is 0 Å². The van der Waals surface area contributed by atoms with Gasteiger partial charge in [-0.25, -0.2) is 0 Å². The van der Waals surface area contributed by atoms with Gasteiger partial charge < -0.3 is 0 Å². The highest BCUT2D eigenvalue weighted by atomic mass is 79.9. The number of carbonyl (C=O) groups is 1. The van der Waals surface area contributed by atoms with E-state index in [-0.39, 0.29) is 5.78 Å². The molecule has 0 saturated carbocycles. The van der Waals surface area contributed by atoms with Crippen molar-refractivity contribution in [2.75, 3.05) is 0 Å². The van der Waals surface area contributed by atoms with Crippen LogP contribution in [-0.4, -0.2) is 13.9 Å². The Morgan fingerprint density at radius 2 is 1.70 bits per heavy atom. The summed E-state index contributed by atoms with van der Waals surface area (Å²) in [4.78, 5) is 11.8. The lowest BCUT2D eigenvalue weighted by atomic mass is 10.2. The molecule has 0 bridgehead atoms. The molecule has 20 heavy (non-hydrogen) atoms. The molecule has 0 unspecified atom stereocenters. The van der Waals surface area contributed by atoms with Crippen LogP contribution in [0.15, 0.2) is 28.7 Å². The minimum Gasteiger partial charge on any atom is -0.270 e. The maximum Gasteiger partial charge on any atom is 0.278 e. The fourth-order valence-corrected chi connectivity index (χ4v) is 4.72. The van der Waals surface area contributed by atoms with Gasteiger partial charge in [-0.3, -0.25) is 4.79 Å². The normalized spacial score (nSPS) is 10.0. The second-order valence-corrected chi connectivity index (χ2v) is 10.4. The maximum absolute atomic E-state index is 11.8. The quantitative estimate of drug-likeness (QED) is 0.584. The molecule has 0 aliphatic heterocycles. The third kappa shape index (κ3) is 4.67. The Kier molecular flexibility index (Phi) is 6.79. The summed E-state index contributed by atoms with van der Waals surface area (Å²) in [5.41, 5.74) is 4.07. The zero-order valence-electron chi connectivity index (χ0n) is 12.2. The number of halogens is 1. The van der Waals surface area contributed by atoms with Crippen molar-refractivity contribution in [2.45, 2.75) is 38.9 Å². The molecule has 0 N–H and O–H groups in total. The topological polar surface area (TPSA) is 17.1 Å². The van der Waals surface area contributed by atoms with Crippen LogP contribution < -0.4 is 0 Å². The van der Waals surface area contributed by atoms with Crippen molar-refractivity contribution in [3.8, 4) is 23.3 Å². The molecule has 104 valence electrons. The Labute approximate surface area is 131 Å². The SMILES string of the molecule is CC[Si](C#CC(=O)C#Cc1ccccc1Br)(CC)CC. The summed E-state index contributed by atoms with van der Waals surface area (Å²) in [5.74, 6) is 7.95. The molecule has 0 fully saturated rings. The van der Waals surface area contributed by atoms with Gasteiger partial charge in [0.15, 0.2) is 0 Å². The highest BCUT2D eigenvalue weighted by molar-refractivity contribution is 9.10. The minimum atomic E-state index is -1.56. The lowest BCUT2D eigenvalue weighted by Gasteiger charge is -2.19. The minimum absolute atomic E-state index is 0.284. The van der Waals surface area contributed by atoms with Gasteiger partial charge in [0.2, 0.25) is 0 Å². The third-order valence-corrected chi connectivity index (χ3v) is 9.06. The van der Waals surface area contributed by atoms with Crippen molar-refractivity contribution in [2.24, 2.45) is 0 Å². The van der Waals surface area contributed by atoms with Gasteiger partial charge in [0.05, 0.1) is 0 Å². The highest BCUT2D eigenvalue weighted by Gasteiger charge is 2.24. The van der Waals surface area contributed by atoms with Crippen LogP contribution in [0, 0.1) is 23.3 Å². The number of benzene rings is 1. The molecule has 0 saturated heterocycles. The summed E-state index contributed by atoms with van der Waals surface area (Å²) < 4.78 is 0.896. The van der Waals surface area contributed by atoms with Crippen LogP contribution in [0.1, 0.15) is 26.3 Å². The standard InChI is InChI=1S/C17H19BrOSi/c1-4-20(5-2,6-3)14-13-16(19)12-11-15-9-7-8-10-17(15)18/h7-10H,4-6H2,1-3H3. The zero-order chi connectivity index (χ0) is 15.0. The predicted octanol–water partition coefficient (Wildman–Crippen LogP) is 4.42. The Bertz CT molecular complexity index is 586. The first-order valence-electron chi connectivity index (χ1n) is 6.90. The average molecular weight is 347 g/mol. The van der Waals surface area contributed by atoms with E-state index in [9.17, 15) is 4.79 Å². The molecule has 1 aromatic carbocycles.